The summed E-state index contributed by atoms with van der Waals surface area (Å²) >= 11 is 0. The Morgan fingerprint density at radius 2 is 1.46 bits per heavy atom. The molecule has 0 atom stereocenters. The Hall–Kier alpha value is -2.66. The molecule has 0 spiro atoms. The minimum atomic E-state index is -3.80. The van der Waals surface area contributed by atoms with Crippen molar-refractivity contribution in [1.82, 2.24) is 0 Å². The fourth-order valence-electron chi connectivity index (χ4n) is 2.37. The molecule has 24 heavy (non-hydrogen) atoms. The lowest BCUT2D eigenvalue weighted by Gasteiger charge is -2.09. The SMILES string of the molecule is O=S(=O)(Nc1ccc(Cc2ccccc2)cc1)c1cccc(F)c1. The summed E-state index contributed by atoms with van der Waals surface area (Å²) < 4.78 is 40.2. The first-order valence-corrected chi connectivity index (χ1v) is 8.92. The quantitative estimate of drug-likeness (QED) is 0.755. The molecule has 0 radical (unpaired) electrons. The molecule has 3 aromatic rings. The van der Waals surface area contributed by atoms with Gasteiger partial charge < -0.3 is 0 Å². The zero-order chi connectivity index (χ0) is 17.0. The van der Waals surface area contributed by atoms with Gasteiger partial charge in [0.1, 0.15) is 5.82 Å². The smallest absolute Gasteiger partial charge is 0.261 e. The van der Waals surface area contributed by atoms with Gasteiger partial charge in [0, 0.05) is 5.69 Å². The van der Waals surface area contributed by atoms with Gasteiger partial charge in [-0.05, 0) is 47.9 Å². The Balaban J connectivity index is 1.74. The highest BCUT2D eigenvalue weighted by Crippen LogP contribution is 2.18. The zero-order valence-electron chi connectivity index (χ0n) is 12.8. The lowest BCUT2D eigenvalue weighted by molar-refractivity contribution is 0.595. The highest BCUT2D eigenvalue weighted by atomic mass is 32.2. The predicted molar refractivity (Wildman–Crippen MR) is 92.9 cm³/mol. The standard InChI is InChI=1S/C19H16FNO2S/c20-17-7-4-8-19(14-17)24(22,23)21-18-11-9-16(10-12-18)13-15-5-2-1-3-6-15/h1-12,14,21H,13H2. The van der Waals surface area contributed by atoms with E-state index in [0.29, 0.717) is 5.69 Å². The highest BCUT2D eigenvalue weighted by molar-refractivity contribution is 7.92. The summed E-state index contributed by atoms with van der Waals surface area (Å²) in [4.78, 5) is -0.101. The minimum Gasteiger partial charge on any atom is -0.280 e. The summed E-state index contributed by atoms with van der Waals surface area (Å²) in [5.41, 5.74) is 2.71. The van der Waals surface area contributed by atoms with Crippen molar-refractivity contribution in [1.29, 1.82) is 0 Å². The number of benzene rings is 3. The molecule has 3 aromatic carbocycles. The second-order valence-electron chi connectivity index (χ2n) is 5.42. The predicted octanol–water partition coefficient (Wildman–Crippen LogP) is 4.22. The lowest BCUT2D eigenvalue weighted by Crippen LogP contribution is -2.13. The molecule has 3 rings (SSSR count). The van der Waals surface area contributed by atoms with Crippen LogP contribution in [0.5, 0.6) is 0 Å². The Kier molecular flexibility index (Phi) is 4.62. The van der Waals surface area contributed by atoms with Crippen LogP contribution in [0.4, 0.5) is 10.1 Å². The van der Waals surface area contributed by atoms with E-state index in [1.165, 1.54) is 23.8 Å². The Labute approximate surface area is 140 Å². The number of sulfonamides is 1. The van der Waals surface area contributed by atoms with Crippen LogP contribution in [0.2, 0.25) is 0 Å². The molecule has 0 saturated carbocycles. The molecule has 0 aliphatic heterocycles. The van der Waals surface area contributed by atoms with Crippen LogP contribution in [0.25, 0.3) is 0 Å². The molecule has 0 heterocycles. The largest absolute Gasteiger partial charge is 0.280 e. The molecule has 5 heteroatoms. The van der Waals surface area contributed by atoms with Crippen LogP contribution in [0, 0.1) is 5.82 Å². The van der Waals surface area contributed by atoms with Gasteiger partial charge in [0.05, 0.1) is 4.90 Å². The van der Waals surface area contributed by atoms with E-state index < -0.39 is 15.8 Å². The van der Waals surface area contributed by atoms with E-state index in [2.05, 4.69) is 4.72 Å². The van der Waals surface area contributed by atoms with Crippen LogP contribution in [0.3, 0.4) is 0 Å². The topological polar surface area (TPSA) is 46.2 Å². The number of nitrogens with one attached hydrogen (secondary N) is 1. The van der Waals surface area contributed by atoms with Gasteiger partial charge in [-0.25, -0.2) is 12.8 Å². The van der Waals surface area contributed by atoms with Crippen LogP contribution in [0.1, 0.15) is 11.1 Å². The molecule has 0 aliphatic carbocycles. The number of halogens is 1. The molecule has 0 saturated heterocycles. The van der Waals surface area contributed by atoms with Crippen LogP contribution < -0.4 is 4.72 Å². The van der Waals surface area contributed by atoms with Gasteiger partial charge in [0.2, 0.25) is 0 Å². The molecule has 0 aliphatic rings. The first-order chi connectivity index (χ1) is 11.5. The van der Waals surface area contributed by atoms with Crippen molar-refractivity contribution in [3.05, 3.63) is 95.8 Å². The van der Waals surface area contributed by atoms with Gasteiger partial charge in [-0.2, -0.15) is 0 Å². The second kappa shape index (κ2) is 6.84. The normalized spacial score (nSPS) is 11.2. The van der Waals surface area contributed by atoms with E-state index >= 15 is 0 Å². The summed E-state index contributed by atoms with van der Waals surface area (Å²) in [7, 11) is -3.80. The zero-order valence-corrected chi connectivity index (χ0v) is 13.6. The maximum Gasteiger partial charge on any atom is 0.261 e. The van der Waals surface area contributed by atoms with Crippen LogP contribution in [0.15, 0.2) is 83.8 Å². The minimum absolute atomic E-state index is 0.101. The van der Waals surface area contributed by atoms with Gasteiger partial charge in [-0.1, -0.05) is 48.5 Å². The maximum absolute atomic E-state index is 13.2. The van der Waals surface area contributed by atoms with E-state index in [-0.39, 0.29) is 4.90 Å². The van der Waals surface area contributed by atoms with E-state index in [9.17, 15) is 12.8 Å². The lowest BCUT2D eigenvalue weighted by atomic mass is 10.1. The number of anilines is 1. The third kappa shape index (κ3) is 4.00. The third-order valence-electron chi connectivity index (χ3n) is 3.56. The van der Waals surface area contributed by atoms with Crippen LogP contribution in [-0.4, -0.2) is 8.42 Å². The Morgan fingerprint density at radius 3 is 2.12 bits per heavy atom. The van der Waals surface area contributed by atoms with Gasteiger partial charge in [-0.3, -0.25) is 4.72 Å². The summed E-state index contributed by atoms with van der Waals surface area (Å²) in [6.07, 6.45) is 0.776. The fourth-order valence-corrected chi connectivity index (χ4v) is 3.46. The monoisotopic (exact) mass is 341 g/mol. The van der Waals surface area contributed by atoms with Crippen molar-refractivity contribution in [2.45, 2.75) is 11.3 Å². The second-order valence-corrected chi connectivity index (χ2v) is 7.10. The average Bonchev–Trinajstić information content (AvgIpc) is 2.57. The molecular formula is C19H16FNO2S. The molecule has 3 nitrogen and oxygen atoms in total. The molecule has 1 N–H and O–H groups in total. The van der Waals surface area contributed by atoms with Crippen molar-refractivity contribution in [3.63, 3.8) is 0 Å². The van der Waals surface area contributed by atoms with Crippen molar-refractivity contribution in [2.75, 3.05) is 4.72 Å². The van der Waals surface area contributed by atoms with Gasteiger partial charge in [0.15, 0.2) is 0 Å². The number of rotatable bonds is 5. The van der Waals surface area contributed by atoms with Crippen molar-refractivity contribution >= 4 is 15.7 Å². The average molecular weight is 341 g/mol. The van der Waals surface area contributed by atoms with Gasteiger partial charge >= 0.3 is 0 Å². The summed E-state index contributed by atoms with van der Waals surface area (Å²) in [5, 5.41) is 0. The van der Waals surface area contributed by atoms with E-state index in [1.807, 2.05) is 42.5 Å². The molecule has 0 unspecified atom stereocenters. The van der Waals surface area contributed by atoms with Crippen LogP contribution in [-0.2, 0) is 16.4 Å². The molecular weight excluding hydrogens is 325 g/mol. The summed E-state index contributed by atoms with van der Waals surface area (Å²) in [6.45, 7) is 0. The summed E-state index contributed by atoms with van der Waals surface area (Å²) in [5.74, 6) is -0.587. The Morgan fingerprint density at radius 1 is 0.792 bits per heavy atom. The van der Waals surface area contributed by atoms with Crippen molar-refractivity contribution in [2.24, 2.45) is 0 Å². The number of hydrogen-bond acceptors (Lipinski definition) is 2. The molecule has 0 fully saturated rings. The van der Waals surface area contributed by atoms with E-state index in [4.69, 9.17) is 0 Å². The first kappa shape index (κ1) is 16.2. The third-order valence-corrected chi connectivity index (χ3v) is 4.94. The maximum atomic E-state index is 13.2. The van der Waals surface area contributed by atoms with Crippen molar-refractivity contribution < 1.29 is 12.8 Å². The molecule has 122 valence electrons. The van der Waals surface area contributed by atoms with Gasteiger partial charge in [-0.15, -0.1) is 0 Å². The van der Waals surface area contributed by atoms with E-state index in [1.54, 1.807) is 12.1 Å². The van der Waals surface area contributed by atoms with Gasteiger partial charge in [0.25, 0.3) is 10.0 Å². The summed E-state index contributed by atoms with van der Waals surface area (Å²) in [6, 6.07) is 22.1. The molecule has 0 bridgehead atoms. The molecule has 0 amide bonds. The fraction of sp³-hybridized carbons (Fsp3) is 0.0526. The molecule has 0 aromatic heterocycles. The van der Waals surface area contributed by atoms with E-state index in [0.717, 1.165) is 18.1 Å². The van der Waals surface area contributed by atoms with Crippen molar-refractivity contribution in [3.8, 4) is 0 Å². The highest BCUT2D eigenvalue weighted by Gasteiger charge is 2.14. The number of hydrogen-bond donors (Lipinski definition) is 1. The first-order valence-electron chi connectivity index (χ1n) is 7.44. The Bertz CT molecular complexity index is 923. The van der Waals surface area contributed by atoms with Crippen LogP contribution >= 0.6 is 0 Å².